The first kappa shape index (κ1) is 15.7. The van der Waals surface area contributed by atoms with E-state index in [1.165, 1.54) is 19.4 Å². The van der Waals surface area contributed by atoms with Gasteiger partial charge in [0.1, 0.15) is 5.82 Å². The van der Waals surface area contributed by atoms with E-state index < -0.39 is 0 Å². The molecule has 1 fully saturated rings. The molecule has 1 aromatic heterocycles. The van der Waals surface area contributed by atoms with Crippen LogP contribution in [0.4, 0.5) is 0 Å². The molecule has 0 unspecified atom stereocenters. The van der Waals surface area contributed by atoms with Crippen LogP contribution in [0.25, 0.3) is 22.2 Å². The van der Waals surface area contributed by atoms with Gasteiger partial charge in [-0.25, -0.2) is 4.98 Å². The van der Waals surface area contributed by atoms with Crippen molar-refractivity contribution in [1.82, 2.24) is 14.9 Å². The molecule has 1 atom stereocenters. The number of nitrogens with one attached hydrogen (secondary N) is 1. The Kier molecular flexibility index (Phi) is 3.82. The summed E-state index contributed by atoms with van der Waals surface area (Å²) >= 11 is 0. The van der Waals surface area contributed by atoms with Crippen LogP contribution < -0.4 is 9.47 Å². The monoisotopic (exact) mass is 349 g/mol. The van der Waals surface area contributed by atoms with Crippen molar-refractivity contribution in [2.45, 2.75) is 32.2 Å². The Morgan fingerprint density at radius 1 is 1.12 bits per heavy atom. The van der Waals surface area contributed by atoms with Crippen molar-refractivity contribution in [3.8, 4) is 22.6 Å². The molecule has 0 aliphatic carbocycles. The van der Waals surface area contributed by atoms with Gasteiger partial charge < -0.3 is 19.4 Å². The van der Waals surface area contributed by atoms with Crippen LogP contribution in [0, 0.1) is 0 Å². The smallest absolute Gasteiger partial charge is 0.231 e. The van der Waals surface area contributed by atoms with E-state index in [1.807, 2.05) is 12.1 Å². The van der Waals surface area contributed by atoms with Gasteiger partial charge in [0.05, 0.1) is 11.0 Å². The van der Waals surface area contributed by atoms with Crippen molar-refractivity contribution in [3.05, 3.63) is 42.2 Å². The second-order valence-corrected chi connectivity index (χ2v) is 7.26. The van der Waals surface area contributed by atoms with Gasteiger partial charge in [0.15, 0.2) is 11.5 Å². The summed E-state index contributed by atoms with van der Waals surface area (Å²) in [6.45, 7) is 4.92. The normalized spacial score (nSPS) is 19.5. The van der Waals surface area contributed by atoms with E-state index in [0.29, 0.717) is 12.8 Å². The van der Waals surface area contributed by atoms with E-state index in [4.69, 9.17) is 14.5 Å². The lowest BCUT2D eigenvalue weighted by Crippen LogP contribution is -2.29. The zero-order chi connectivity index (χ0) is 17.5. The molecule has 2 aliphatic heterocycles. The highest BCUT2D eigenvalue weighted by Gasteiger charge is 2.20. The van der Waals surface area contributed by atoms with Crippen LogP contribution in [-0.2, 0) is 6.42 Å². The maximum atomic E-state index is 5.49. The number of aromatic amines is 1. The molecule has 0 amide bonds. The molecule has 0 spiro atoms. The van der Waals surface area contributed by atoms with Crippen LogP contribution >= 0.6 is 0 Å². The summed E-state index contributed by atoms with van der Waals surface area (Å²) in [5.41, 5.74) is 4.39. The Labute approximate surface area is 152 Å². The first-order chi connectivity index (χ1) is 12.8. The fourth-order valence-corrected chi connectivity index (χ4v) is 4.01. The number of H-pyrrole nitrogens is 1. The molecule has 5 rings (SSSR count). The fourth-order valence-electron chi connectivity index (χ4n) is 4.01. The van der Waals surface area contributed by atoms with Crippen LogP contribution in [0.2, 0.25) is 0 Å². The second kappa shape index (κ2) is 6.32. The largest absolute Gasteiger partial charge is 0.454 e. The number of imidazole rings is 1. The number of aromatic nitrogens is 2. The zero-order valence-electron chi connectivity index (χ0n) is 15.0. The number of fused-ring (bicyclic) bond motifs is 2. The van der Waals surface area contributed by atoms with Crippen LogP contribution in [0.1, 0.15) is 25.6 Å². The van der Waals surface area contributed by atoms with E-state index in [2.05, 4.69) is 41.1 Å². The Morgan fingerprint density at radius 3 is 2.85 bits per heavy atom. The SMILES string of the molecule is C[C@@H]1CCCN1CCc1nc2ccc(-c3ccc4c(c3)OCO4)cc2[nH]1. The van der Waals surface area contributed by atoms with Crippen molar-refractivity contribution < 1.29 is 9.47 Å². The molecule has 1 saturated heterocycles. The van der Waals surface area contributed by atoms with Crippen LogP contribution in [0.5, 0.6) is 11.5 Å². The topological polar surface area (TPSA) is 50.4 Å². The molecule has 3 heterocycles. The Morgan fingerprint density at radius 2 is 1.96 bits per heavy atom. The second-order valence-electron chi connectivity index (χ2n) is 7.26. The third-order valence-electron chi connectivity index (χ3n) is 5.56. The summed E-state index contributed by atoms with van der Waals surface area (Å²) in [7, 11) is 0. The quantitative estimate of drug-likeness (QED) is 0.774. The van der Waals surface area contributed by atoms with Crippen molar-refractivity contribution >= 4 is 11.0 Å². The third kappa shape index (κ3) is 2.82. The summed E-state index contributed by atoms with van der Waals surface area (Å²) in [6, 6.07) is 13.2. The standard InChI is InChI=1S/C21H23N3O2/c1-14-3-2-9-24(14)10-8-21-22-17-6-4-15(11-18(17)23-21)16-5-7-19-20(12-16)26-13-25-19/h4-7,11-12,14H,2-3,8-10,13H2,1H3,(H,22,23)/t14-/m1/s1. The van der Waals surface area contributed by atoms with E-state index in [1.54, 1.807) is 0 Å². The molecule has 0 bridgehead atoms. The molecule has 0 saturated carbocycles. The van der Waals surface area contributed by atoms with Gasteiger partial charge in [-0.15, -0.1) is 0 Å². The first-order valence-corrected chi connectivity index (χ1v) is 9.39. The van der Waals surface area contributed by atoms with Gasteiger partial charge in [-0.2, -0.15) is 0 Å². The van der Waals surface area contributed by atoms with Gasteiger partial charge >= 0.3 is 0 Å². The van der Waals surface area contributed by atoms with Crippen molar-refractivity contribution in [1.29, 1.82) is 0 Å². The highest BCUT2D eigenvalue weighted by Crippen LogP contribution is 2.36. The minimum Gasteiger partial charge on any atom is -0.454 e. The van der Waals surface area contributed by atoms with Gasteiger partial charge in [0, 0.05) is 19.0 Å². The summed E-state index contributed by atoms with van der Waals surface area (Å²) in [5.74, 6) is 2.70. The number of hydrogen-bond donors (Lipinski definition) is 1. The van der Waals surface area contributed by atoms with Crippen LogP contribution in [-0.4, -0.2) is 40.8 Å². The summed E-state index contributed by atoms with van der Waals surface area (Å²) in [4.78, 5) is 10.8. The predicted octanol–water partition coefficient (Wildman–Crippen LogP) is 3.99. The number of hydrogen-bond acceptors (Lipinski definition) is 4. The summed E-state index contributed by atoms with van der Waals surface area (Å²) in [5, 5.41) is 0. The highest BCUT2D eigenvalue weighted by atomic mass is 16.7. The number of ether oxygens (including phenoxy) is 2. The molecule has 134 valence electrons. The minimum atomic E-state index is 0.303. The van der Waals surface area contributed by atoms with Crippen LogP contribution in [0.15, 0.2) is 36.4 Å². The highest BCUT2D eigenvalue weighted by molar-refractivity contribution is 5.82. The van der Waals surface area contributed by atoms with Crippen molar-refractivity contribution in [2.24, 2.45) is 0 Å². The molecule has 3 aromatic rings. The lowest BCUT2D eigenvalue weighted by molar-refractivity contribution is 0.174. The molecule has 1 N–H and O–H groups in total. The van der Waals surface area contributed by atoms with Gasteiger partial charge in [0.25, 0.3) is 0 Å². The molecule has 26 heavy (non-hydrogen) atoms. The molecule has 0 radical (unpaired) electrons. The number of rotatable bonds is 4. The molecule has 2 aliphatic rings. The average molecular weight is 349 g/mol. The Hall–Kier alpha value is -2.53. The van der Waals surface area contributed by atoms with E-state index in [0.717, 1.165) is 52.4 Å². The maximum Gasteiger partial charge on any atom is 0.231 e. The molecule has 2 aromatic carbocycles. The van der Waals surface area contributed by atoms with Gasteiger partial charge in [0.2, 0.25) is 6.79 Å². The molecular weight excluding hydrogens is 326 g/mol. The molecule has 5 heteroatoms. The number of nitrogens with zero attached hydrogens (tertiary/aromatic N) is 2. The van der Waals surface area contributed by atoms with E-state index >= 15 is 0 Å². The Balaban J connectivity index is 1.38. The summed E-state index contributed by atoms with van der Waals surface area (Å²) < 4.78 is 10.9. The maximum absolute atomic E-state index is 5.49. The number of likely N-dealkylation sites (tertiary alicyclic amines) is 1. The van der Waals surface area contributed by atoms with E-state index in [9.17, 15) is 0 Å². The van der Waals surface area contributed by atoms with Gasteiger partial charge in [-0.05, 0) is 61.7 Å². The van der Waals surface area contributed by atoms with Crippen LogP contribution in [0.3, 0.4) is 0 Å². The van der Waals surface area contributed by atoms with Gasteiger partial charge in [-0.3, -0.25) is 0 Å². The summed E-state index contributed by atoms with van der Waals surface area (Å²) in [6.07, 6.45) is 3.61. The lowest BCUT2D eigenvalue weighted by atomic mass is 10.0. The van der Waals surface area contributed by atoms with E-state index in [-0.39, 0.29) is 0 Å². The molecular formula is C21H23N3O2. The molecule has 5 nitrogen and oxygen atoms in total. The predicted molar refractivity (Wildman–Crippen MR) is 102 cm³/mol. The third-order valence-corrected chi connectivity index (χ3v) is 5.56. The average Bonchev–Trinajstić information content (AvgIpc) is 3.37. The fraction of sp³-hybridized carbons (Fsp3) is 0.381. The van der Waals surface area contributed by atoms with Crippen molar-refractivity contribution in [2.75, 3.05) is 19.9 Å². The number of benzene rings is 2. The Bertz CT molecular complexity index is 950. The minimum absolute atomic E-state index is 0.303. The zero-order valence-corrected chi connectivity index (χ0v) is 15.0. The van der Waals surface area contributed by atoms with Gasteiger partial charge in [-0.1, -0.05) is 12.1 Å². The first-order valence-electron chi connectivity index (χ1n) is 9.39. The van der Waals surface area contributed by atoms with Crippen molar-refractivity contribution in [3.63, 3.8) is 0 Å². The lowest BCUT2D eigenvalue weighted by Gasteiger charge is -2.19.